The Morgan fingerprint density at radius 1 is 0.947 bits per heavy atom. The van der Waals surface area contributed by atoms with Gasteiger partial charge in [0.1, 0.15) is 5.60 Å². The molecule has 0 aromatic rings. The van der Waals surface area contributed by atoms with Crippen molar-refractivity contribution in [2.45, 2.75) is 96.9 Å². The van der Waals surface area contributed by atoms with Gasteiger partial charge in [0.25, 0.3) is 0 Å². The van der Waals surface area contributed by atoms with Crippen molar-refractivity contribution in [1.29, 1.82) is 0 Å². The van der Waals surface area contributed by atoms with Crippen molar-refractivity contribution in [3.8, 4) is 0 Å². The average molecular weight is 272 g/mol. The molecule has 0 aromatic heterocycles. The monoisotopic (exact) mass is 272 g/mol. The van der Waals surface area contributed by atoms with E-state index >= 15 is 0 Å². The molecule has 1 aliphatic heterocycles. The average Bonchev–Trinajstić information content (AvgIpc) is 2.54. The minimum atomic E-state index is -0.214. The van der Waals surface area contributed by atoms with E-state index in [0.717, 1.165) is 19.4 Å². The van der Waals surface area contributed by atoms with Gasteiger partial charge in [0.05, 0.1) is 6.61 Å². The molecular formula is C16H32O3. The molecule has 1 unspecified atom stereocenters. The summed E-state index contributed by atoms with van der Waals surface area (Å²) in [5, 5.41) is 0. The second-order valence-electron chi connectivity index (χ2n) is 6.25. The van der Waals surface area contributed by atoms with E-state index in [-0.39, 0.29) is 11.9 Å². The molecule has 1 rings (SSSR count). The standard InChI is InChI=1S/C16H32O3/c1-4-5-6-7-8-9-10-11-12-15-17-14-13-16(2,3)19-18-15/h15H,4-14H2,1-3H3. The first-order valence-corrected chi connectivity index (χ1v) is 8.10. The molecule has 0 saturated carbocycles. The summed E-state index contributed by atoms with van der Waals surface area (Å²) in [5.74, 6) is 0. The van der Waals surface area contributed by atoms with E-state index in [1.54, 1.807) is 0 Å². The number of hydrogen-bond acceptors (Lipinski definition) is 3. The molecule has 1 fully saturated rings. The minimum absolute atomic E-state index is 0.165. The molecule has 0 radical (unpaired) electrons. The number of ether oxygens (including phenoxy) is 1. The Kier molecular flexibility index (Phi) is 8.67. The fourth-order valence-electron chi connectivity index (χ4n) is 2.27. The molecular weight excluding hydrogens is 240 g/mol. The van der Waals surface area contributed by atoms with Gasteiger partial charge in [-0.3, -0.25) is 0 Å². The fraction of sp³-hybridized carbons (Fsp3) is 1.00. The SMILES string of the molecule is CCCCCCCCCCC1OCCC(C)(C)OO1. The van der Waals surface area contributed by atoms with Gasteiger partial charge in [-0.05, 0) is 20.3 Å². The molecule has 3 nitrogen and oxygen atoms in total. The molecule has 0 aliphatic carbocycles. The molecule has 0 spiro atoms. The second kappa shape index (κ2) is 9.73. The van der Waals surface area contributed by atoms with Crippen molar-refractivity contribution in [2.24, 2.45) is 0 Å². The van der Waals surface area contributed by atoms with Crippen molar-refractivity contribution < 1.29 is 14.5 Å². The normalized spacial score (nSPS) is 23.2. The van der Waals surface area contributed by atoms with Crippen molar-refractivity contribution in [2.75, 3.05) is 6.61 Å². The van der Waals surface area contributed by atoms with Crippen molar-refractivity contribution >= 4 is 0 Å². The molecule has 3 heteroatoms. The Morgan fingerprint density at radius 2 is 1.58 bits per heavy atom. The Hall–Kier alpha value is -0.120. The Balaban J connectivity index is 1.94. The summed E-state index contributed by atoms with van der Waals surface area (Å²) < 4.78 is 5.65. The van der Waals surface area contributed by atoms with Crippen LogP contribution in [0.25, 0.3) is 0 Å². The predicted molar refractivity (Wildman–Crippen MR) is 77.8 cm³/mol. The summed E-state index contributed by atoms with van der Waals surface area (Å²) >= 11 is 0. The highest BCUT2D eigenvalue weighted by Gasteiger charge is 2.26. The van der Waals surface area contributed by atoms with Crippen LogP contribution in [0.5, 0.6) is 0 Å². The van der Waals surface area contributed by atoms with Crippen LogP contribution in [0.15, 0.2) is 0 Å². The number of unbranched alkanes of at least 4 members (excludes halogenated alkanes) is 7. The lowest BCUT2D eigenvalue weighted by molar-refractivity contribution is -0.402. The van der Waals surface area contributed by atoms with Crippen LogP contribution >= 0.6 is 0 Å². The lowest BCUT2D eigenvalue weighted by Gasteiger charge is -2.20. The summed E-state index contributed by atoms with van der Waals surface area (Å²) in [6.45, 7) is 7.06. The highest BCUT2D eigenvalue weighted by atomic mass is 17.2. The van der Waals surface area contributed by atoms with Gasteiger partial charge in [-0.25, -0.2) is 9.78 Å². The lowest BCUT2D eigenvalue weighted by atomic mass is 10.1. The molecule has 1 saturated heterocycles. The summed E-state index contributed by atoms with van der Waals surface area (Å²) in [7, 11) is 0. The molecule has 114 valence electrons. The van der Waals surface area contributed by atoms with Gasteiger partial charge in [0.2, 0.25) is 0 Å². The Bertz CT molecular complexity index is 216. The van der Waals surface area contributed by atoms with Crippen LogP contribution in [-0.2, 0) is 14.5 Å². The van der Waals surface area contributed by atoms with E-state index in [4.69, 9.17) is 14.5 Å². The summed E-state index contributed by atoms with van der Waals surface area (Å²) in [5.41, 5.74) is -0.214. The Labute approximate surface area is 118 Å². The second-order valence-corrected chi connectivity index (χ2v) is 6.25. The quantitative estimate of drug-likeness (QED) is 0.437. The summed E-state index contributed by atoms with van der Waals surface area (Å²) in [6.07, 6.45) is 12.3. The predicted octanol–water partition coefficient (Wildman–Crippen LogP) is 4.99. The summed E-state index contributed by atoms with van der Waals surface area (Å²) in [6, 6.07) is 0. The third kappa shape index (κ3) is 8.61. The van der Waals surface area contributed by atoms with Crippen LogP contribution in [0.1, 0.15) is 85.0 Å². The van der Waals surface area contributed by atoms with Gasteiger partial charge in [0, 0.05) is 12.8 Å². The highest BCUT2D eigenvalue weighted by Crippen LogP contribution is 2.22. The first kappa shape index (κ1) is 16.9. The topological polar surface area (TPSA) is 27.7 Å². The van der Waals surface area contributed by atoms with E-state index in [9.17, 15) is 0 Å². The maximum Gasteiger partial charge on any atom is 0.191 e. The number of hydrogen-bond donors (Lipinski definition) is 0. The lowest BCUT2D eigenvalue weighted by Crippen LogP contribution is -2.24. The first-order valence-electron chi connectivity index (χ1n) is 8.10. The molecule has 19 heavy (non-hydrogen) atoms. The van der Waals surface area contributed by atoms with Gasteiger partial charge in [-0.2, -0.15) is 0 Å². The van der Waals surface area contributed by atoms with Crippen LogP contribution < -0.4 is 0 Å². The maximum absolute atomic E-state index is 5.65. The molecule has 0 bridgehead atoms. The largest absolute Gasteiger partial charge is 0.350 e. The molecule has 0 N–H and O–H groups in total. The maximum atomic E-state index is 5.65. The highest BCUT2D eigenvalue weighted by molar-refractivity contribution is 4.67. The van der Waals surface area contributed by atoms with Gasteiger partial charge in [0.15, 0.2) is 6.29 Å². The van der Waals surface area contributed by atoms with Crippen LogP contribution in [0.3, 0.4) is 0 Å². The van der Waals surface area contributed by atoms with Crippen molar-refractivity contribution in [3.63, 3.8) is 0 Å². The van der Waals surface area contributed by atoms with Gasteiger partial charge in [-0.1, -0.05) is 51.9 Å². The van der Waals surface area contributed by atoms with E-state index in [1.807, 2.05) is 13.8 Å². The smallest absolute Gasteiger partial charge is 0.191 e. The fourth-order valence-corrected chi connectivity index (χ4v) is 2.27. The third-order valence-corrected chi connectivity index (χ3v) is 3.68. The molecule has 1 atom stereocenters. The van der Waals surface area contributed by atoms with Gasteiger partial charge >= 0.3 is 0 Å². The third-order valence-electron chi connectivity index (χ3n) is 3.68. The van der Waals surface area contributed by atoms with Gasteiger partial charge < -0.3 is 4.74 Å². The zero-order valence-electron chi connectivity index (χ0n) is 13.1. The van der Waals surface area contributed by atoms with E-state index in [0.29, 0.717) is 0 Å². The van der Waals surface area contributed by atoms with Gasteiger partial charge in [-0.15, -0.1) is 0 Å². The van der Waals surface area contributed by atoms with Crippen LogP contribution in [0, 0.1) is 0 Å². The molecule has 1 heterocycles. The van der Waals surface area contributed by atoms with E-state index in [1.165, 1.54) is 51.4 Å². The molecule has 0 aromatic carbocycles. The molecule has 1 aliphatic rings. The van der Waals surface area contributed by atoms with Crippen LogP contribution in [0.2, 0.25) is 0 Å². The zero-order valence-corrected chi connectivity index (χ0v) is 13.1. The van der Waals surface area contributed by atoms with Crippen molar-refractivity contribution in [3.05, 3.63) is 0 Å². The first-order chi connectivity index (χ1) is 9.14. The minimum Gasteiger partial charge on any atom is -0.350 e. The van der Waals surface area contributed by atoms with Crippen LogP contribution in [0.4, 0.5) is 0 Å². The van der Waals surface area contributed by atoms with Crippen LogP contribution in [-0.4, -0.2) is 18.5 Å². The Morgan fingerprint density at radius 3 is 2.26 bits per heavy atom. The van der Waals surface area contributed by atoms with E-state index < -0.39 is 0 Å². The number of rotatable bonds is 9. The molecule has 0 amide bonds. The van der Waals surface area contributed by atoms with Crippen molar-refractivity contribution in [1.82, 2.24) is 0 Å². The summed E-state index contributed by atoms with van der Waals surface area (Å²) in [4.78, 5) is 10.8. The zero-order chi connectivity index (χ0) is 14.0. The van der Waals surface area contributed by atoms with E-state index in [2.05, 4.69) is 6.92 Å².